The lowest BCUT2D eigenvalue weighted by molar-refractivity contribution is 0.0697. The number of aromatic carboxylic acids is 1. The second kappa shape index (κ2) is 6.56. The normalized spacial score (nSPS) is 10.1. The van der Waals surface area contributed by atoms with Crippen molar-refractivity contribution in [1.29, 1.82) is 0 Å². The number of nitrogens with one attached hydrogen (secondary N) is 1. The van der Waals surface area contributed by atoms with Crippen LogP contribution in [0.1, 0.15) is 10.4 Å². The van der Waals surface area contributed by atoms with Gasteiger partial charge >= 0.3 is 5.97 Å². The van der Waals surface area contributed by atoms with E-state index in [9.17, 15) is 9.18 Å². The molecule has 0 saturated carbocycles. The van der Waals surface area contributed by atoms with Crippen molar-refractivity contribution in [2.75, 3.05) is 18.5 Å². The Balaban J connectivity index is 1.90. The molecule has 0 heterocycles. The molecule has 0 aliphatic rings. The van der Waals surface area contributed by atoms with Gasteiger partial charge in [0.1, 0.15) is 18.2 Å². The van der Waals surface area contributed by atoms with Crippen LogP contribution in [0.2, 0.25) is 0 Å². The molecule has 0 aliphatic carbocycles. The second-order valence-corrected chi connectivity index (χ2v) is 4.08. The lowest BCUT2D eigenvalue weighted by Gasteiger charge is -2.10. The van der Waals surface area contributed by atoms with Gasteiger partial charge in [-0.05, 0) is 30.3 Å². The molecule has 0 saturated heterocycles. The van der Waals surface area contributed by atoms with Gasteiger partial charge in [0.25, 0.3) is 0 Å². The van der Waals surface area contributed by atoms with Crippen LogP contribution in [0.4, 0.5) is 10.1 Å². The van der Waals surface area contributed by atoms with Crippen molar-refractivity contribution in [3.63, 3.8) is 0 Å². The first-order chi connectivity index (χ1) is 9.66. The summed E-state index contributed by atoms with van der Waals surface area (Å²) >= 11 is 0. The molecule has 0 radical (unpaired) electrons. The van der Waals surface area contributed by atoms with Crippen molar-refractivity contribution in [2.45, 2.75) is 0 Å². The maximum atomic E-state index is 13.0. The lowest BCUT2D eigenvalue weighted by Crippen LogP contribution is -2.14. The number of carboxylic acids is 1. The molecular weight excluding hydrogens is 261 g/mol. The summed E-state index contributed by atoms with van der Waals surface area (Å²) in [6, 6.07) is 12.9. The predicted molar refractivity (Wildman–Crippen MR) is 73.8 cm³/mol. The number of anilines is 1. The topological polar surface area (TPSA) is 58.6 Å². The van der Waals surface area contributed by atoms with Crippen LogP contribution in [-0.2, 0) is 0 Å². The number of ether oxygens (including phenoxy) is 1. The van der Waals surface area contributed by atoms with Crippen LogP contribution in [0.15, 0.2) is 48.5 Å². The summed E-state index contributed by atoms with van der Waals surface area (Å²) in [4.78, 5) is 11.0. The number of benzene rings is 2. The summed E-state index contributed by atoms with van der Waals surface area (Å²) in [5.41, 5.74) is 0.278. The van der Waals surface area contributed by atoms with E-state index in [1.165, 1.54) is 12.1 Å². The standard InChI is InChI=1S/C15H14FNO3/c16-11-6-7-14(13(10-11)15(18)19)17-8-9-20-12-4-2-1-3-5-12/h1-7,10,17H,8-9H2,(H,18,19). The van der Waals surface area contributed by atoms with Gasteiger partial charge in [-0.1, -0.05) is 18.2 Å². The van der Waals surface area contributed by atoms with Gasteiger partial charge in [-0.3, -0.25) is 0 Å². The Kier molecular flexibility index (Phi) is 4.55. The van der Waals surface area contributed by atoms with Crippen molar-refractivity contribution in [2.24, 2.45) is 0 Å². The van der Waals surface area contributed by atoms with Gasteiger partial charge in [-0.2, -0.15) is 0 Å². The highest BCUT2D eigenvalue weighted by molar-refractivity contribution is 5.94. The fourth-order valence-electron chi connectivity index (χ4n) is 1.72. The number of halogens is 1. The quantitative estimate of drug-likeness (QED) is 0.796. The molecular formula is C15H14FNO3. The number of para-hydroxylation sites is 1. The van der Waals surface area contributed by atoms with Gasteiger partial charge in [0.2, 0.25) is 0 Å². The molecule has 0 fully saturated rings. The molecule has 2 N–H and O–H groups in total. The minimum absolute atomic E-state index is 0.0929. The first-order valence-corrected chi connectivity index (χ1v) is 6.11. The monoisotopic (exact) mass is 275 g/mol. The first-order valence-electron chi connectivity index (χ1n) is 6.11. The lowest BCUT2D eigenvalue weighted by atomic mass is 10.1. The number of hydrogen-bond donors (Lipinski definition) is 2. The first kappa shape index (κ1) is 13.9. The van der Waals surface area contributed by atoms with E-state index < -0.39 is 11.8 Å². The summed E-state index contributed by atoms with van der Waals surface area (Å²) < 4.78 is 18.5. The summed E-state index contributed by atoms with van der Waals surface area (Å²) in [5.74, 6) is -1.00. The van der Waals surface area contributed by atoms with E-state index in [4.69, 9.17) is 9.84 Å². The van der Waals surface area contributed by atoms with Gasteiger partial charge in [0.15, 0.2) is 0 Å². The second-order valence-electron chi connectivity index (χ2n) is 4.08. The molecule has 0 unspecified atom stereocenters. The fourth-order valence-corrected chi connectivity index (χ4v) is 1.72. The zero-order valence-electron chi connectivity index (χ0n) is 10.7. The van der Waals surface area contributed by atoms with E-state index in [1.54, 1.807) is 0 Å². The highest BCUT2D eigenvalue weighted by atomic mass is 19.1. The average molecular weight is 275 g/mol. The van der Waals surface area contributed by atoms with Gasteiger partial charge in [0.05, 0.1) is 5.56 Å². The highest BCUT2D eigenvalue weighted by Gasteiger charge is 2.10. The number of rotatable bonds is 6. The Morgan fingerprint density at radius 1 is 1.20 bits per heavy atom. The fraction of sp³-hybridized carbons (Fsp3) is 0.133. The highest BCUT2D eigenvalue weighted by Crippen LogP contribution is 2.17. The van der Waals surface area contributed by atoms with E-state index in [0.717, 1.165) is 11.8 Å². The van der Waals surface area contributed by atoms with Gasteiger partial charge in [-0.25, -0.2) is 9.18 Å². The molecule has 2 aromatic carbocycles. The van der Waals surface area contributed by atoms with Gasteiger partial charge in [0, 0.05) is 12.2 Å². The molecule has 20 heavy (non-hydrogen) atoms. The molecule has 104 valence electrons. The van der Waals surface area contributed by atoms with Crippen molar-refractivity contribution in [1.82, 2.24) is 0 Å². The van der Waals surface area contributed by atoms with Crippen molar-refractivity contribution in [3.05, 3.63) is 59.9 Å². The molecule has 4 nitrogen and oxygen atoms in total. The van der Waals surface area contributed by atoms with Gasteiger partial charge < -0.3 is 15.2 Å². The van der Waals surface area contributed by atoms with E-state index >= 15 is 0 Å². The van der Waals surface area contributed by atoms with E-state index in [0.29, 0.717) is 18.8 Å². The Morgan fingerprint density at radius 3 is 2.65 bits per heavy atom. The summed E-state index contributed by atoms with van der Waals surface area (Å²) in [7, 11) is 0. The Labute approximate surface area is 115 Å². The smallest absolute Gasteiger partial charge is 0.337 e. The molecule has 0 aromatic heterocycles. The SMILES string of the molecule is O=C(O)c1cc(F)ccc1NCCOc1ccccc1. The molecule has 5 heteroatoms. The van der Waals surface area contributed by atoms with E-state index in [1.807, 2.05) is 30.3 Å². The largest absolute Gasteiger partial charge is 0.492 e. The number of carboxylic acid groups (broad SMARTS) is 1. The maximum Gasteiger partial charge on any atom is 0.337 e. The molecule has 0 atom stereocenters. The van der Waals surface area contributed by atoms with Crippen molar-refractivity contribution >= 4 is 11.7 Å². The Bertz CT molecular complexity index is 587. The number of carbonyl (C=O) groups is 1. The van der Waals surface area contributed by atoms with Crippen LogP contribution < -0.4 is 10.1 Å². The zero-order chi connectivity index (χ0) is 14.4. The predicted octanol–water partition coefficient (Wildman–Crippen LogP) is 3.01. The van der Waals surface area contributed by atoms with Crippen molar-refractivity contribution in [3.8, 4) is 5.75 Å². The minimum Gasteiger partial charge on any atom is -0.492 e. The van der Waals surface area contributed by atoms with Crippen LogP contribution in [0.5, 0.6) is 5.75 Å². The van der Waals surface area contributed by atoms with Crippen LogP contribution in [0.3, 0.4) is 0 Å². The molecule has 2 rings (SSSR count). The summed E-state index contributed by atoms with van der Waals surface area (Å²) in [6.07, 6.45) is 0. The Morgan fingerprint density at radius 2 is 1.95 bits per heavy atom. The third kappa shape index (κ3) is 3.71. The van der Waals surface area contributed by atoms with Crippen LogP contribution >= 0.6 is 0 Å². The zero-order valence-corrected chi connectivity index (χ0v) is 10.7. The number of hydrogen-bond acceptors (Lipinski definition) is 3. The van der Waals surface area contributed by atoms with Crippen LogP contribution in [0.25, 0.3) is 0 Å². The summed E-state index contributed by atoms with van der Waals surface area (Å²) in [6.45, 7) is 0.793. The van der Waals surface area contributed by atoms with E-state index in [2.05, 4.69) is 5.32 Å². The molecule has 0 aliphatic heterocycles. The Hall–Kier alpha value is -2.56. The minimum atomic E-state index is -1.17. The maximum absolute atomic E-state index is 13.0. The molecule has 0 spiro atoms. The van der Waals surface area contributed by atoms with Gasteiger partial charge in [-0.15, -0.1) is 0 Å². The van der Waals surface area contributed by atoms with Crippen LogP contribution in [0, 0.1) is 5.82 Å². The van der Waals surface area contributed by atoms with E-state index in [-0.39, 0.29) is 5.56 Å². The third-order valence-electron chi connectivity index (χ3n) is 2.64. The molecule has 2 aromatic rings. The molecule has 0 bridgehead atoms. The van der Waals surface area contributed by atoms with Crippen LogP contribution in [-0.4, -0.2) is 24.2 Å². The average Bonchev–Trinajstić information content (AvgIpc) is 2.45. The summed E-state index contributed by atoms with van der Waals surface area (Å²) in [5, 5.41) is 11.9. The third-order valence-corrected chi connectivity index (χ3v) is 2.64. The molecule has 0 amide bonds. The van der Waals surface area contributed by atoms with Crippen molar-refractivity contribution < 1.29 is 19.0 Å².